The molecule has 0 aliphatic carbocycles. The zero-order valence-corrected chi connectivity index (χ0v) is 28.5. The normalized spacial score (nSPS) is 12.2. The minimum Gasteiger partial charge on any atom is -0.465 e. The molecule has 1 unspecified atom stereocenters. The van der Waals surface area contributed by atoms with E-state index in [2.05, 4.69) is 5.32 Å². The maximum absolute atomic E-state index is 15.8. The first kappa shape index (κ1) is 35.8. The average molecular weight is 640 g/mol. The molecule has 2 aromatic carbocycles. The lowest BCUT2D eigenvalue weighted by atomic mass is 9.98. The van der Waals surface area contributed by atoms with Crippen molar-refractivity contribution in [3.63, 3.8) is 0 Å². The summed E-state index contributed by atoms with van der Waals surface area (Å²) in [5, 5.41) is 2.37. The number of amides is 1. The van der Waals surface area contributed by atoms with Gasteiger partial charge in [0.2, 0.25) is 5.91 Å². The van der Waals surface area contributed by atoms with Gasteiger partial charge >= 0.3 is 5.97 Å². The summed E-state index contributed by atoms with van der Waals surface area (Å²) in [5.74, 6) is -0.923. The third-order valence-electron chi connectivity index (χ3n) is 6.85. The first-order valence-corrected chi connectivity index (χ1v) is 16.4. The predicted molar refractivity (Wildman–Crippen MR) is 177 cm³/mol. The van der Waals surface area contributed by atoms with Crippen molar-refractivity contribution in [3.05, 3.63) is 70.8 Å². The van der Waals surface area contributed by atoms with Gasteiger partial charge in [0.1, 0.15) is 11.4 Å². The predicted octanol–water partition coefficient (Wildman–Crippen LogP) is 7.35. The van der Waals surface area contributed by atoms with Crippen LogP contribution in [0.1, 0.15) is 95.5 Å². The number of hydrogen-bond acceptors (Lipinski definition) is 7. The van der Waals surface area contributed by atoms with Crippen LogP contribution in [0.4, 0.5) is 4.39 Å². The molecular formula is C35H46FN3O5S. The Morgan fingerprint density at radius 2 is 1.80 bits per heavy atom. The summed E-state index contributed by atoms with van der Waals surface area (Å²) >= 11 is 1.03. The highest BCUT2D eigenvalue weighted by Crippen LogP contribution is 2.29. The van der Waals surface area contributed by atoms with E-state index in [0.717, 1.165) is 23.9 Å². The molecule has 3 aromatic rings. The molecule has 0 radical (unpaired) electrons. The number of thioether (sulfide) groups is 1. The third kappa shape index (κ3) is 10.2. The minimum absolute atomic E-state index is 0.113. The summed E-state index contributed by atoms with van der Waals surface area (Å²) < 4.78 is 29.1. The number of hydrogen-bond donors (Lipinski definition) is 1. The number of ether oxygens (including phenoxy) is 2. The number of rotatable bonds is 14. The molecule has 1 aromatic heterocycles. The number of carbonyl (C=O) groups excluding carboxylic acids is 3. The van der Waals surface area contributed by atoms with Crippen LogP contribution in [0.3, 0.4) is 0 Å². The van der Waals surface area contributed by atoms with Crippen LogP contribution < -0.4 is 10.1 Å². The number of carbonyl (C=O) groups is 3. The summed E-state index contributed by atoms with van der Waals surface area (Å²) in [4.78, 5) is 42.6. The monoisotopic (exact) mass is 639 g/mol. The summed E-state index contributed by atoms with van der Waals surface area (Å²) in [7, 11) is 0. The fourth-order valence-electron chi connectivity index (χ4n) is 4.84. The minimum atomic E-state index is -0.669. The van der Waals surface area contributed by atoms with E-state index >= 15 is 4.39 Å². The number of benzene rings is 2. The van der Waals surface area contributed by atoms with Crippen molar-refractivity contribution in [2.45, 2.75) is 98.6 Å². The van der Waals surface area contributed by atoms with Crippen molar-refractivity contribution in [3.8, 4) is 17.1 Å². The summed E-state index contributed by atoms with van der Waals surface area (Å²) in [6.45, 7) is 15.5. The van der Waals surface area contributed by atoms with Crippen molar-refractivity contribution in [1.29, 1.82) is 0 Å². The van der Waals surface area contributed by atoms with Gasteiger partial charge in [-0.3, -0.25) is 14.2 Å². The van der Waals surface area contributed by atoms with Crippen molar-refractivity contribution >= 4 is 28.8 Å². The number of esters is 1. The van der Waals surface area contributed by atoms with Crippen LogP contribution in [-0.4, -0.2) is 44.0 Å². The number of aryl methyl sites for hydroxylation is 1. The summed E-state index contributed by atoms with van der Waals surface area (Å²) in [6.07, 6.45) is 1.91. The van der Waals surface area contributed by atoms with Crippen molar-refractivity contribution < 1.29 is 28.2 Å². The molecule has 0 saturated carbocycles. The van der Waals surface area contributed by atoms with Gasteiger partial charge in [0.05, 0.1) is 41.9 Å². The van der Waals surface area contributed by atoms with E-state index < -0.39 is 22.6 Å². The van der Waals surface area contributed by atoms with E-state index in [1.165, 1.54) is 13.0 Å². The third-order valence-corrected chi connectivity index (χ3v) is 7.87. The Kier molecular flexibility index (Phi) is 12.8. The van der Waals surface area contributed by atoms with Crippen LogP contribution in [0.2, 0.25) is 0 Å². The zero-order chi connectivity index (χ0) is 33.3. The number of nitrogens with zero attached hydrogens (tertiary/aromatic N) is 2. The summed E-state index contributed by atoms with van der Waals surface area (Å²) in [5.41, 5.74) is 2.66. The molecule has 1 atom stereocenters. The molecule has 1 amide bonds. The van der Waals surface area contributed by atoms with Gasteiger partial charge in [0.15, 0.2) is 5.12 Å². The van der Waals surface area contributed by atoms with E-state index in [0.29, 0.717) is 53.4 Å². The molecule has 0 bridgehead atoms. The van der Waals surface area contributed by atoms with Crippen molar-refractivity contribution in [1.82, 2.24) is 14.9 Å². The second kappa shape index (κ2) is 16.1. The Bertz CT molecular complexity index is 1490. The van der Waals surface area contributed by atoms with Gasteiger partial charge in [0, 0.05) is 12.5 Å². The van der Waals surface area contributed by atoms with Crippen LogP contribution in [0, 0.1) is 11.7 Å². The van der Waals surface area contributed by atoms with Gasteiger partial charge in [-0.05, 0) is 69.2 Å². The van der Waals surface area contributed by atoms with E-state index in [-0.39, 0.29) is 30.0 Å². The van der Waals surface area contributed by atoms with E-state index in [1.807, 2.05) is 27.7 Å². The first-order chi connectivity index (χ1) is 21.2. The van der Waals surface area contributed by atoms with E-state index in [4.69, 9.17) is 14.5 Å². The second-order valence-electron chi connectivity index (χ2n) is 12.4. The molecule has 10 heteroatoms. The Balaban J connectivity index is 1.95. The molecule has 244 valence electrons. The SMILES string of the molecule is CCCOc1nc(CC)c(CNC(=O)C(CC(C)C)SC(C)=O)n1Cc1ccc(-c2ccccc2C(=O)OC(C)(C)C)cc1F. The zero-order valence-electron chi connectivity index (χ0n) is 27.7. The molecule has 0 saturated heterocycles. The lowest BCUT2D eigenvalue weighted by Crippen LogP contribution is -2.34. The van der Waals surface area contributed by atoms with Crippen LogP contribution >= 0.6 is 11.8 Å². The maximum atomic E-state index is 15.8. The van der Waals surface area contributed by atoms with Crippen molar-refractivity contribution in [2.75, 3.05) is 6.61 Å². The number of aromatic nitrogens is 2. The molecule has 8 nitrogen and oxygen atoms in total. The Morgan fingerprint density at radius 3 is 2.40 bits per heavy atom. The molecule has 1 N–H and O–H groups in total. The van der Waals surface area contributed by atoms with Crippen LogP contribution in [-0.2, 0) is 33.8 Å². The summed E-state index contributed by atoms with van der Waals surface area (Å²) in [6, 6.07) is 12.2. The first-order valence-electron chi connectivity index (χ1n) is 15.5. The largest absolute Gasteiger partial charge is 0.465 e. The van der Waals surface area contributed by atoms with Gasteiger partial charge in [-0.25, -0.2) is 9.18 Å². The molecule has 45 heavy (non-hydrogen) atoms. The molecule has 0 spiro atoms. The highest BCUT2D eigenvalue weighted by Gasteiger charge is 2.25. The molecule has 0 fully saturated rings. The highest BCUT2D eigenvalue weighted by molar-refractivity contribution is 8.14. The van der Waals surface area contributed by atoms with Gasteiger partial charge in [0.25, 0.3) is 6.01 Å². The number of imidazole rings is 1. The molecule has 0 aliphatic rings. The maximum Gasteiger partial charge on any atom is 0.339 e. The Hall–Kier alpha value is -3.66. The quantitative estimate of drug-likeness (QED) is 0.184. The van der Waals surface area contributed by atoms with Crippen LogP contribution in [0.25, 0.3) is 11.1 Å². The van der Waals surface area contributed by atoms with Gasteiger partial charge in [-0.1, -0.05) is 69.8 Å². The van der Waals surface area contributed by atoms with E-state index in [9.17, 15) is 14.4 Å². The number of nitrogens with one attached hydrogen (secondary N) is 1. The fourth-order valence-corrected chi connectivity index (χ4v) is 5.91. The molecule has 0 aliphatic heterocycles. The van der Waals surface area contributed by atoms with E-state index in [1.54, 1.807) is 61.7 Å². The second-order valence-corrected chi connectivity index (χ2v) is 13.8. The van der Waals surface area contributed by atoms with Gasteiger partial charge < -0.3 is 14.8 Å². The smallest absolute Gasteiger partial charge is 0.339 e. The van der Waals surface area contributed by atoms with Gasteiger partial charge in [-0.2, -0.15) is 4.98 Å². The highest BCUT2D eigenvalue weighted by atomic mass is 32.2. The van der Waals surface area contributed by atoms with Crippen LogP contribution in [0.5, 0.6) is 6.01 Å². The standard InChI is InChI=1S/C35H46FN3O5S/c1-9-17-43-34-38-29(10-2)30(20-37-32(41)31(18-22(3)4)45-23(5)40)39(34)21-25-16-15-24(19-28(25)36)26-13-11-12-14-27(26)33(42)44-35(6,7)8/h11-16,19,22,31H,9-10,17-18,20-21H2,1-8H3,(H,37,41). The molecule has 3 rings (SSSR count). The average Bonchev–Trinajstić information content (AvgIpc) is 3.29. The number of halogens is 1. The van der Waals surface area contributed by atoms with Gasteiger partial charge in [-0.15, -0.1) is 0 Å². The lowest BCUT2D eigenvalue weighted by molar-refractivity contribution is -0.121. The Morgan fingerprint density at radius 1 is 1.09 bits per heavy atom. The lowest BCUT2D eigenvalue weighted by Gasteiger charge is -2.20. The Labute approximate surface area is 270 Å². The molecular weight excluding hydrogens is 593 g/mol. The van der Waals surface area contributed by atoms with Crippen molar-refractivity contribution in [2.24, 2.45) is 5.92 Å². The fraction of sp³-hybridized carbons (Fsp3) is 0.486. The molecule has 1 heterocycles. The topological polar surface area (TPSA) is 99.5 Å². The van der Waals surface area contributed by atoms with Crippen LogP contribution in [0.15, 0.2) is 42.5 Å².